The number of ether oxygens (including phenoxy) is 11. The lowest BCUT2D eigenvalue weighted by Gasteiger charge is -2.09. The van der Waals surface area contributed by atoms with Crippen LogP contribution in [0, 0.1) is 0 Å². The van der Waals surface area contributed by atoms with Crippen LogP contribution in [0.15, 0.2) is 30.3 Å². The van der Waals surface area contributed by atoms with Crippen molar-refractivity contribution in [2.45, 2.75) is 32.3 Å². The molecule has 17 heteroatoms. The zero-order valence-corrected chi connectivity index (χ0v) is 29.9. The van der Waals surface area contributed by atoms with E-state index in [0.29, 0.717) is 132 Å². The van der Waals surface area contributed by atoms with E-state index in [0.717, 1.165) is 18.4 Å². The zero-order chi connectivity index (χ0) is 36.6. The number of carboxylic acids is 1. The summed E-state index contributed by atoms with van der Waals surface area (Å²) in [6, 6.07) is 9.43. The number of nitrogens with one attached hydrogen (secondary N) is 2. The zero-order valence-electron chi connectivity index (χ0n) is 29.9. The number of carbonyl (C=O) groups excluding carboxylic acids is 1. The Balaban J connectivity index is 1.63. The van der Waals surface area contributed by atoms with Crippen LogP contribution in [-0.4, -0.2) is 156 Å². The van der Waals surface area contributed by atoms with Crippen LogP contribution in [0.2, 0.25) is 0 Å². The highest BCUT2D eigenvalue weighted by Gasteiger charge is 2.02. The first-order valence-electron chi connectivity index (χ1n) is 17.5. The van der Waals surface area contributed by atoms with Crippen LogP contribution in [0.4, 0.5) is 4.79 Å². The molecule has 0 heterocycles. The first-order valence-corrected chi connectivity index (χ1v) is 17.5. The summed E-state index contributed by atoms with van der Waals surface area (Å²) in [4.78, 5) is 27.1. The van der Waals surface area contributed by atoms with Crippen LogP contribution < -0.4 is 10.8 Å². The average molecular weight is 737 g/mol. The van der Waals surface area contributed by atoms with Gasteiger partial charge in [0, 0.05) is 13.0 Å². The van der Waals surface area contributed by atoms with Crippen LogP contribution in [-0.2, 0) is 68.3 Å². The van der Waals surface area contributed by atoms with Gasteiger partial charge >= 0.3 is 12.1 Å². The number of unbranched alkanes of at least 4 members (excludes halogenated alkanes) is 2. The maximum atomic E-state index is 11.6. The Kier molecular flexibility index (Phi) is 35.3. The smallest absolute Gasteiger partial charge is 0.409 e. The van der Waals surface area contributed by atoms with Crippen LogP contribution in [0.3, 0.4) is 0 Å². The van der Waals surface area contributed by atoms with E-state index in [1.54, 1.807) is 0 Å². The minimum atomic E-state index is -0.764. The summed E-state index contributed by atoms with van der Waals surface area (Å²) in [5, 5.41) is 11.1. The van der Waals surface area contributed by atoms with Crippen molar-refractivity contribution < 1.29 is 71.6 Å². The van der Waals surface area contributed by atoms with Crippen molar-refractivity contribution >= 4 is 12.1 Å². The summed E-state index contributed by atoms with van der Waals surface area (Å²) < 4.78 is 59.2. The van der Waals surface area contributed by atoms with Crippen molar-refractivity contribution in [2.24, 2.45) is 0 Å². The van der Waals surface area contributed by atoms with E-state index in [-0.39, 0.29) is 26.6 Å². The van der Waals surface area contributed by atoms with Gasteiger partial charge in [0.2, 0.25) is 0 Å². The predicted octanol–water partition coefficient (Wildman–Crippen LogP) is 2.16. The van der Waals surface area contributed by atoms with Crippen LogP contribution in [0.25, 0.3) is 0 Å². The summed E-state index contributed by atoms with van der Waals surface area (Å²) in [6.45, 7) is 9.16. The fraction of sp³-hybridized carbons (Fsp3) is 0.765. The van der Waals surface area contributed by atoms with Crippen molar-refractivity contribution in [1.29, 1.82) is 0 Å². The molecule has 0 aliphatic rings. The van der Waals surface area contributed by atoms with Crippen LogP contribution in [0.1, 0.15) is 31.2 Å². The van der Waals surface area contributed by atoms with E-state index in [4.69, 9.17) is 62.0 Å². The Morgan fingerprint density at radius 2 is 0.961 bits per heavy atom. The monoisotopic (exact) mass is 736 g/mol. The molecule has 0 unspecified atom stereocenters. The number of amides is 1. The number of alkyl carbamates (subject to hydrolysis) is 1. The molecule has 0 aliphatic carbocycles. The number of benzene rings is 1. The van der Waals surface area contributed by atoms with Crippen molar-refractivity contribution in [2.75, 3.05) is 139 Å². The minimum Gasteiger partial charge on any atom is -0.481 e. The number of aliphatic carboxylic acids is 1. The Morgan fingerprint density at radius 3 is 1.41 bits per heavy atom. The second-order valence-corrected chi connectivity index (χ2v) is 10.5. The summed E-state index contributed by atoms with van der Waals surface area (Å²) in [5.74, 6) is -0.764. The first-order chi connectivity index (χ1) is 25.2. The van der Waals surface area contributed by atoms with Gasteiger partial charge < -0.3 is 57.2 Å². The van der Waals surface area contributed by atoms with E-state index < -0.39 is 12.1 Å². The lowest BCUT2D eigenvalue weighted by molar-refractivity contribution is -0.137. The fourth-order valence-corrected chi connectivity index (χ4v) is 3.70. The van der Waals surface area contributed by atoms with Gasteiger partial charge in [-0.2, -0.15) is 5.48 Å². The largest absolute Gasteiger partial charge is 0.481 e. The minimum absolute atomic E-state index is 0.0471. The number of hydroxylamine groups is 1. The number of hydrogen-bond donors (Lipinski definition) is 3. The van der Waals surface area contributed by atoms with Crippen molar-refractivity contribution in [1.82, 2.24) is 10.8 Å². The number of hydrogen-bond acceptors (Lipinski definition) is 15. The van der Waals surface area contributed by atoms with E-state index in [9.17, 15) is 9.59 Å². The third-order valence-corrected chi connectivity index (χ3v) is 6.29. The van der Waals surface area contributed by atoms with E-state index in [1.165, 1.54) is 0 Å². The topological polar surface area (TPSA) is 189 Å². The highest BCUT2D eigenvalue weighted by molar-refractivity contribution is 5.67. The van der Waals surface area contributed by atoms with E-state index >= 15 is 0 Å². The van der Waals surface area contributed by atoms with Gasteiger partial charge in [-0.3, -0.25) is 14.9 Å². The molecule has 0 spiro atoms. The molecule has 51 heavy (non-hydrogen) atoms. The molecule has 1 aromatic carbocycles. The fourth-order valence-electron chi connectivity index (χ4n) is 3.70. The van der Waals surface area contributed by atoms with E-state index in [2.05, 4.69) is 10.8 Å². The maximum Gasteiger partial charge on any atom is 0.409 e. The van der Waals surface area contributed by atoms with Gasteiger partial charge in [-0.15, -0.1) is 0 Å². The Bertz CT molecular complexity index is 889. The molecule has 0 aliphatic heterocycles. The van der Waals surface area contributed by atoms with Crippen molar-refractivity contribution in [3.8, 4) is 0 Å². The molecule has 0 saturated heterocycles. The molecular weight excluding hydrogens is 676 g/mol. The molecule has 296 valence electrons. The molecule has 1 amide bonds. The molecule has 17 nitrogen and oxygen atoms in total. The van der Waals surface area contributed by atoms with Crippen LogP contribution in [0.5, 0.6) is 0 Å². The lowest BCUT2D eigenvalue weighted by Crippen LogP contribution is -2.27. The van der Waals surface area contributed by atoms with Gasteiger partial charge in [-0.1, -0.05) is 36.8 Å². The normalized spacial score (nSPS) is 11.2. The van der Waals surface area contributed by atoms with E-state index in [1.807, 2.05) is 30.3 Å². The van der Waals surface area contributed by atoms with Gasteiger partial charge in [0.1, 0.15) is 13.3 Å². The quantitative estimate of drug-likeness (QED) is 0.0505. The SMILES string of the molecule is O=C(O)CCCCCNOCOCCOCCOCCOCCOCCOCCOCCOCCOCCOCNC(=O)OCc1ccccc1. The lowest BCUT2D eigenvalue weighted by atomic mass is 10.2. The Hall–Kier alpha value is -2.52. The number of carbonyl (C=O) groups is 2. The van der Waals surface area contributed by atoms with Gasteiger partial charge in [0.05, 0.1) is 119 Å². The molecule has 0 fully saturated rings. The average Bonchev–Trinajstić information content (AvgIpc) is 3.13. The molecular formula is C34H60N2O15. The summed E-state index contributed by atoms with van der Waals surface area (Å²) in [6.07, 6.45) is 2.02. The highest BCUT2D eigenvalue weighted by Crippen LogP contribution is 2.00. The molecule has 1 rings (SSSR count). The standard InChI is InChI=1S/C34H60N2O15/c37-33(38)9-5-2-6-10-36-51-31-49-28-26-47-24-22-45-20-18-43-16-14-41-12-11-40-13-15-42-17-19-44-21-23-46-25-27-48-30-35-34(39)50-29-32-7-3-1-4-8-32/h1,3-4,7-8,36H,2,5-6,9-31H2,(H,35,39)(H,37,38). The summed E-state index contributed by atoms with van der Waals surface area (Å²) >= 11 is 0. The van der Waals surface area contributed by atoms with Crippen molar-refractivity contribution in [3.63, 3.8) is 0 Å². The third-order valence-electron chi connectivity index (χ3n) is 6.29. The van der Waals surface area contributed by atoms with Gasteiger partial charge in [0.15, 0.2) is 6.79 Å². The maximum absolute atomic E-state index is 11.6. The highest BCUT2D eigenvalue weighted by atomic mass is 16.8. The number of carboxylic acid groups (broad SMARTS) is 1. The molecule has 3 N–H and O–H groups in total. The van der Waals surface area contributed by atoms with Crippen LogP contribution >= 0.6 is 0 Å². The van der Waals surface area contributed by atoms with Gasteiger partial charge in [-0.05, 0) is 18.4 Å². The summed E-state index contributed by atoms with van der Waals surface area (Å²) in [7, 11) is 0. The molecule has 0 atom stereocenters. The summed E-state index contributed by atoms with van der Waals surface area (Å²) in [5.41, 5.74) is 3.69. The van der Waals surface area contributed by atoms with Gasteiger partial charge in [-0.25, -0.2) is 4.79 Å². The Labute approximate surface area is 301 Å². The second kappa shape index (κ2) is 38.7. The molecule has 0 saturated carbocycles. The van der Waals surface area contributed by atoms with Gasteiger partial charge in [0.25, 0.3) is 0 Å². The molecule has 0 radical (unpaired) electrons. The molecule has 1 aromatic rings. The second-order valence-electron chi connectivity index (χ2n) is 10.5. The predicted molar refractivity (Wildman–Crippen MR) is 183 cm³/mol. The Morgan fingerprint density at radius 1 is 0.529 bits per heavy atom. The van der Waals surface area contributed by atoms with Crippen molar-refractivity contribution in [3.05, 3.63) is 35.9 Å². The first kappa shape index (κ1) is 46.5. The molecule has 0 aromatic heterocycles. The number of rotatable bonds is 40. The molecule has 0 bridgehead atoms. The third kappa shape index (κ3) is 37.1.